The minimum Gasteiger partial charge on any atom is -0.288 e. The van der Waals surface area contributed by atoms with Gasteiger partial charge in [-0.3, -0.25) is 9.28 Å². The van der Waals surface area contributed by atoms with Crippen LogP contribution in [0.1, 0.15) is 17.9 Å². The van der Waals surface area contributed by atoms with E-state index in [4.69, 9.17) is 0 Å². The maximum atomic E-state index is 12.6. The molecular formula is C20H22N2O+2. The van der Waals surface area contributed by atoms with Crippen LogP contribution in [0.3, 0.4) is 0 Å². The second kappa shape index (κ2) is 5.14. The van der Waals surface area contributed by atoms with E-state index < -0.39 is 0 Å². The minimum absolute atomic E-state index is 0.0198. The first-order valence-electron chi connectivity index (χ1n) is 8.19. The molecule has 23 heavy (non-hydrogen) atoms. The van der Waals surface area contributed by atoms with Gasteiger partial charge in [-0.05, 0) is 29.8 Å². The zero-order valence-electron chi connectivity index (χ0n) is 13.6. The molecule has 3 heterocycles. The lowest BCUT2D eigenvalue weighted by Crippen LogP contribution is -2.59. The van der Waals surface area contributed by atoms with Crippen molar-refractivity contribution >= 4 is 11.5 Å². The van der Waals surface area contributed by atoms with Gasteiger partial charge in [0.05, 0.1) is 7.05 Å². The number of ketones is 1. The summed E-state index contributed by atoms with van der Waals surface area (Å²) in [7, 11) is 4.25. The molecule has 3 heteroatoms. The summed E-state index contributed by atoms with van der Waals surface area (Å²) < 4.78 is 2.75. The number of pyridine rings is 1. The number of likely N-dealkylation sites (N-methyl/N-ethyl adjacent to an activating group) is 1. The molecule has 1 aromatic heterocycles. The first-order chi connectivity index (χ1) is 11.1. The third-order valence-corrected chi connectivity index (χ3v) is 5.69. The van der Waals surface area contributed by atoms with Crippen molar-refractivity contribution in [1.29, 1.82) is 0 Å². The Kier molecular flexibility index (Phi) is 3.20. The Morgan fingerprint density at radius 3 is 2.48 bits per heavy atom. The normalized spacial score (nSPS) is 32.3. The number of hydrogen-bond acceptors (Lipinski definition) is 1. The highest BCUT2D eigenvalue weighted by Crippen LogP contribution is 2.48. The minimum atomic E-state index is 0.0198. The van der Waals surface area contributed by atoms with Crippen LogP contribution in [0.15, 0.2) is 67.0 Å². The molecule has 4 atom stereocenters. The summed E-state index contributed by atoms with van der Waals surface area (Å²) in [6.07, 6.45) is 9.04. The number of nitrogens with zero attached hydrogens (tertiary/aromatic N) is 2. The van der Waals surface area contributed by atoms with Crippen LogP contribution in [0.5, 0.6) is 0 Å². The van der Waals surface area contributed by atoms with Gasteiger partial charge in [-0.15, -0.1) is 0 Å². The van der Waals surface area contributed by atoms with Gasteiger partial charge in [-0.25, -0.2) is 4.57 Å². The number of para-hydroxylation sites is 1. The molecule has 1 saturated heterocycles. The molecule has 0 spiro atoms. The van der Waals surface area contributed by atoms with Crippen molar-refractivity contribution < 1.29 is 9.36 Å². The number of carbonyl (C=O) groups is 1. The second-order valence-corrected chi connectivity index (χ2v) is 6.89. The van der Waals surface area contributed by atoms with Gasteiger partial charge in [0.2, 0.25) is 5.78 Å². The third-order valence-electron chi connectivity index (χ3n) is 5.69. The van der Waals surface area contributed by atoms with Gasteiger partial charge in [0.1, 0.15) is 18.8 Å². The summed E-state index contributed by atoms with van der Waals surface area (Å²) in [6, 6.07) is 15.2. The number of aromatic nitrogens is 1. The molecule has 1 fully saturated rings. The van der Waals surface area contributed by atoms with E-state index >= 15 is 0 Å². The van der Waals surface area contributed by atoms with Crippen LogP contribution in [0.4, 0.5) is 5.69 Å². The zero-order chi connectivity index (χ0) is 16.0. The van der Waals surface area contributed by atoms with Crippen molar-refractivity contribution in [2.24, 2.45) is 7.05 Å². The van der Waals surface area contributed by atoms with Crippen molar-refractivity contribution in [2.45, 2.75) is 24.4 Å². The lowest BCUT2D eigenvalue weighted by molar-refractivity contribution is -0.671. The Morgan fingerprint density at radius 2 is 1.78 bits per heavy atom. The Morgan fingerprint density at radius 1 is 1.09 bits per heavy atom. The molecule has 4 rings (SSSR count). The van der Waals surface area contributed by atoms with Crippen LogP contribution >= 0.6 is 0 Å². The number of quaternary nitrogens is 1. The van der Waals surface area contributed by atoms with Crippen LogP contribution in [0.25, 0.3) is 0 Å². The smallest absolute Gasteiger partial charge is 0.213 e. The highest BCUT2D eigenvalue weighted by Gasteiger charge is 2.57. The summed E-state index contributed by atoms with van der Waals surface area (Å²) in [5.74, 6) is 0.644. The van der Waals surface area contributed by atoms with Gasteiger partial charge in [0, 0.05) is 24.5 Å². The van der Waals surface area contributed by atoms with Gasteiger partial charge in [-0.2, -0.15) is 0 Å². The van der Waals surface area contributed by atoms with E-state index in [1.54, 1.807) is 6.08 Å². The van der Waals surface area contributed by atoms with E-state index in [0.717, 1.165) is 6.42 Å². The van der Waals surface area contributed by atoms with Gasteiger partial charge in [0.25, 0.3) is 0 Å². The molecule has 0 saturated carbocycles. The average Bonchev–Trinajstić information content (AvgIpc) is 2.75. The fourth-order valence-corrected chi connectivity index (χ4v) is 4.37. The number of aryl methyl sites for hydroxylation is 1. The lowest BCUT2D eigenvalue weighted by atomic mass is 9.92. The number of fused-ring (bicyclic) bond motifs is 2. The Bertz CT molecular complexity index is 766. The fraction of sp³-hybridized carbons (Fsp3) is 0.300. The summed E-state index contributed by atoms with van der Waals surface area (Å²) in [5, 5.41) is 0. The van der Waals surface area contributed by atoms with Crippen LogP contribution in [0.2, 0.25) is 0 Å². The predicted octanol–water partition coefficient (Wildman–Crippen LogP) is 2.51. The quantitative estimate of drug-likeness (QED) is 0.617. The van der Waals surface area contributed by atoms with Crippen LogP contribution < -0.4 is 9.05 Å². The van der Waals surface area contributed by atoms with Crippen molar-refractivity contribution in [3.05, 3.63) is 72.6 Å². The summed E-state index contributed by atoms with van der Waals surface area (Å²) in [4.78, 5) is 12.6. The number of carbonyl (C=O) groups excluding carboxylic acids is 1. The molecule has 4 unspecified atom stereocenters. The van der Waals surface area contributed by atoms with Crippen molar-refractivity contribution in [1.82, 2.24) is 4.48 Å². The van der Waals surface area contributed by atoms with E-state index in [1.807, 2.05) is 13.1 Å². The fourth-order valence-electron chi connectivity index (χ4n) is 4.37. The standard InChI is InChI=1S/C20H22N2O/c1-21-12-10-15(11-13-21)17-14-19-20(23)9-8-18(17)22(19,2)16-6-4-3-5-7-16/h3-13,17-19H,14H2,1-2H3/q+2. The summed E-state index contributed by atoms with van der Waals surface area (Å²) in [6.45, 7) is 0. The molecule has 0 aliphatic carbocycles. The van der Waals surface area contributed by atoms with E-state index in [1.165, 1.54) is 11.3 Å². The van der Waals surface area contributed by atoms with Crippen molar-refractivity contribution in [2.75, 3.05) is 7.05 Å². The summed E-state index contributed by atoms with van der Waals surface area (Å²) >= 11 is 0. The van der Waals surface area contributed by atoms with Crippen LogP contribution in [-0.2, 0) is 11.8 Å². The van der Waals surface area contributed by atoms with E-state index in [0.29, 0.717) is 16.4 Å². The molecule has 1 aromatic carbocycles. The topological polar surface area (TPSA) is 20.9 Å². The zero-order valence-corrected chi connectivity index (χ0v) is 13.6. The lowest BCUT2D eigenvalue weighted by Gasteiger charge is -2.41. The molecule has 2 aromatic rings. The van der Waals surface area contributed by atoms with Crippen LogP contribution in [0, 0.1) is 0 Å². The molecule has 2 bridgehead atoms. The van der Waals surface area contributed by atoms with Crippen molar-refractivity contribution in [3.8, 4) is 0 Å². The van der Waals surface area contributed by atoms with Crippen LogP contribution in [-0.4, -0.2) is 24.9 Å². The molecule has 0 amide bonds. The highest BCUT2D eigenvalue weighted by atomic mass is 16.1. The summed E-state index contributed by atoms with van der Waals surface area (Å²) in [5.41, 5.74) is 2.56. The molecular weight excluding hydrogens is 284 g/mol. The average molecular weight is 306 g/mol. The molecule has 3 nitrogen and oxygen atoms in total. The van der Waals surface area contributed by atoms with Crippen molar-refractivity contribution in [3.63, 3.8) is 0 Å². The molecule has 116 valence electrons. The molecule has 0 radical (unpaired) electrons. The highest BCUT2D eigenvalue weighted by molar-refractivity contribution is 5.98. The van der Waals surface area contributed by atoms with Gasteiger partial charge in [0.15, 0.2) is 18.4 Å². The number of rotatable bonds is 2. The Balaban J connectivity index is 1.81. The largest absolute Gasteiger partial charge is 0.288 e. The maximum absolute atomic E-state index is 12.6. The van der Waals surface area contributed by atoms with E-state index in [9.17, 15) is 4.79 Å². The maximum Gasteiger partial charge on any atom is 0.213 e. The van der Waals surface area contributed by atoms with E-state index in [-0.39, 0.29) is 11.8 Å². The number of benzene rings is 1. The van der Waals surface area contributed by atoms with E-state index in [2.05, 4.69) is 66.5 Å². The van der Waals surface area contributed by atoms with Gasteiger partial charge >= 0.3 is 0 Å². The second-order valence-electron chi connectivity index (χ2n) is 6.89. The SMILES string of the molecule is C[n+]1ccc(C2CC3C(=O)C=CC2[N+]3(C)c2ccccc2)cc1. The molecule has 2 aliphatic rings. The Labute approximate surface area is 137 Å². The first-order valence-corrected chi connectivity index (χ1v) is 8.19. The molecule has 0 N–H and O–H groups in total. The Hall–Kier alpha value is -2.26. The number of hydrogen-bond donors (Lipinski definition) is 0. The van der Waals surface area contributed by atoms with Gasteiger partial charge < -0.3 is 0 Å². The monoisotopic (exact) mass is 306 g/mol. The van der Waals surface area contributed by atoms with Gasteiger partial charge in [-0.1, -0.05) is 18.2 Å². The molecule has 2 aliphatic heterocycles. The third kappa shape index (κ3) is 2.07. The predicted molar refractivity (Wildman–Crippen MR) is 90.9 cm³/mol. The first kappa shape index (κ1) is 14.3.